The monoisotopic (exact) mass is 352 g/mol. The van der Waals surface area contributed by atoms with Gasteiger partial charge in [0.15, 0.2) is 0 Å². The number of nitrogens with zero attached hydrogens (tertiary/aromatic N) is 3. The molecule has 6 nitrogen and oxygen atoms in total. The van der Waals surface area contributed by atoms with Gasteiger partial charge in [-0.2, -0.15) is 0 Å². The van der Waals surface area contributed by atoms with Gasteiger partial charge in [-0.1, -0.05) is 6.92 Å². The van der Waals surface area contributed by atoms with E-state index < -0.39 is 0 Å². The van der Waals surface area contributed by atoms with E-state index in [2.05, 4.69) is 22.2 Å². The Morgan fingerprint density at radius 1 is 1.38 bits per heavy atom. The van der Waals surface area contributed by atoms with Gasteiger partial charge in [-0.15, -0.1) is 11.3 Å². The number of aryl methyl sites for hydroxylation is 1. The van der Waals surface area contributed by atoms with Gasteiger partial charge in [-0.05, 0) is 25.2 Å². The van der Waals surface area contributed by atoms with Crippen LogP contribution in [0.2, 0.25) is 0 Å². The van der Waals surface area contributed by atoms with Gasteiger partial charge < -0.3 is 15.4 Å². The van der Waals surface area contributed by atoms with Crippen molar-refractivity contribution in [2.24, 2.45) is 11.7 Å². The Morgan fingerprint density at radius 2 is 2.08 bits per heavy atom. The van der Waals surface area contributed by atoms with Crippen LogP contribution >= 0.6 is 11.3 Å². The number of hydrogen-bond acceptors (Lipinski definition) is 6. The Kier molecular flexibility index (Phi) is 6.21. The highest BCUT2D eigenvalue weighted by molar-refractivity contribution is 7.09. The number of rotatable bonds is 5. The number of carbonyl (C=O) groups excluding carboxylic acids is 1. The molecular weight excluding hydrogens is 324 g/mol. The molecule has 0 spiro atoms. The maximum Gasteiger partial charge on any atom is 0.239 e. The fourth-order valence-electron chi connectivity index (χ4n) is 3.43. The molecule has 2 saturated heterocycles. The first kappa shape index (κ1) is 17.8. The van der Waals surface area contributed by atoms with Crippen LogP contribution in [0.25, 0.3) is 0 Å². The van der Waals surface area contributed by atoms with E-state index in [9.17, 15) is 4.79 Å². The molecule has 0 radical (unpaired) electrons. The van der Waals surface area contributed by atoms with Crippen molar-refractivity contribution in [2.45, 2.75) is 38.8 Å². The van der Waals surface area contributed by atoms with E-state index in [4.69, 9.17) is 10.5 Å². The molecule has 0 saturated carbocycles. The van der Waals surface area contributed by atoms with Gasteiger partial charge in [0.2, 0.25) is 5.91 Å². The smallest absolute Gasteiger partial charge is 0.239 e. The molecule has 1 amide bonds. The number of ether oxygens (including phenoxy) is 1. The molecule has 2 fully saturated rings. The van der Waals surface area contributed by atoms with Gasteiger partial charge in [0.25, 0.3) is 0 Å². The first-order chi connectivity index (χ1) is 11.7. The number of carbonyl (C=O) groups is 1. The third-order valence-corrected chi connectivity index (χ3v) is 6.07. The van der Waals surface area contributed by atoms with Crippen LogP contribution in [-0.4, -0.2) is 66.1 Å². The van der Waals surface area contributed by atoms with Crippen LogP contribution in [-0.2, 0) is 22.5 Å². The number of hydrogen-bond donors (Lipinski definition) is 1. The van der Waals surface area contributed by atoms with Crippen LogP contribution in [0.3, 0.4) is 0 Å². The van der Waals surface area contributed by atoms with E-state index in [0.29, 0.717) is 0 Å². The zero-order valence-electron chi connectivity index (χ0n) is 14.4. The zero-order valence-corrected chi connectivity index (χ0v) is 15.3. The Hall–Kier alpha value is -1.02. The molecule has 1 aromatic rings. The largest absolute Gasteiger partial charge is 0.381 e. The molecule has 0 aromatic carbocycles. The summed E-state index contributed by atoms with van der Waals surface area (Å²) < 4.78 is 5.36. The van der Waals surface area contributed by atoms with Crippen molar-refractivity contribution in [1.29, 1.82) is 0 Å². The fourth-order valence-corrected chi connectivity index (χ4v) is 4.16. The van der Waals surface area contributed by atoms with E-state index in [1.165, 1.54) is 5.01 Å². The van der Waals surface area contributed by atoms with Crippen LogP contribution in [0.1, 0.15) is 30.5 Å². The second kappa shape index (κ2) is 8.38. The van der Waals surface area contributed by atoms with Gasteiger partial charge in [0.05, 0.1) is 16.7 Å². The molecule has 1 unspecified atom stereocenters. The topological polar surface area (TPSA) is 71.7 Å². The third kappa shape index (κ3) is 4.33. The van der Waals surface area contributed by atoms with Crippen LogP contribution in [0.5, 0.6) is 0 Å². The van der Waals surface area contributed by atoms with E-state index in [1.54, 1.807) is 11.3 Å². The Bertz CT molecular complexity index is 536. The highest BCUT2D eigenvalue weighted by Gasteiger charge is 2.31. The van der Waals surface area contributed by atoms with Gasteiger partial charge >= 0.3 is 0 Å². The lowest BCUT2D eigenvalue weighted by Gasteiger charge is -2.37. The number of aromatic nitrogens is 1. The molecule has 1 aromatic heterocycles. The standard InChI is InChI=1S/C17H28N4O2S/c1-2-15-19-14(12-24-15)11-20-5-7-21(8-6-20)17(22)16(18)13-3-9-23-10-4-13/h12-13,16H,2-11,18H2,1H3. The summed E-state index contributed by atoms with van der Waals surface area (Å²) in [6.07, 6.45) is 2.80. The van der Waals surface area contributed by atoms with Gasteiger partial charge in [-0.3, -0.25) is 9.69 Å². The maximum atomic E-state index is 12.6. The number of nitrogens with two attached hydrogens (primary N) is 1. The van der Waals surface area contributed by atoms with Crippen LogP contribution in [0, 0.1) is 5.92 Å². The molecule has 134 valence electrons. The van der Waals surface area contributed by atoms with E-state index >= 15 is 0 Å². The molecule has 0 aliphatic carbocycles. The molecule has 3 heterocycles. The Morgan fingerprint density at radius 3 is 2.71 bits per heavy atom. The first-order valence-electron chi connectivity index (χ1n) is 8.95. The lowest BCUT2D eigenvalue weighted by Crippen LogP contribution is -2.55. The van der Waals surface area contributed by atoms with Crippen LogP contribution in [0.15, 0.2) is 5.38 Å². The molecule has 24 heavy (non-hydrogen) atoms. The van der Waals surface area contributed by atoms with E-state index in [0.717, 1.165) is 70.9 Å². The molecular formula is C17H28N4O2S. The van der Waals surface area contributed by atoms with Crippen molar-refractivity contribution < 1.29 is 9.53 Å². The predicted molar refractivity (Wildman–Crippen MR) is 94.9 cm³/mol. The first-order valence-corrected chi connectivity index (χ1v) is 9.83. The summed E-state index contributed by atoms with van der Waals surface area (Å²) >= 11 is 1.73. The second-order valence-corrected chi connectivity index (χ2v) is 7.61. The molecule has 2 aliphatic heterocycles. The Labute approximate surface area is 148 Å². The van der Waals surface area contributed by atoms with Gasteiger partial charge in [0.1, 0.15) is 0 Å². The summed E-state index contributed by atoms with van der Waals surface area (Å²) in [4.78, 5) is 21.6. The average Bonchev–Trinajstić information content (AvgIpc) is 3.09. The van der Waals surface area contributed by atoms with Crippen molar-refractivity contribution in [3.63, 3.8) is 0 Å². The quantitative estimate of drug-likeness (QED) is 0.859. The van der Waals surface area contributed by atoms with Crippen molar-refractivity contribution in [1.82, 2.24) is 14.8 Å². The van der Waals surface area contributed by atoms with Gasteiger partial charge in [-0.25, -0.2) is 4.98 Å². The summed E-state index contributed by atoms with van der Waals surface area (Å²) in [5.41, 5.74) is 7.38. The number of amides is 1. The second-order valence-electron chi connectivity index (χ2n) is 6.66. The minimum atomic E-state index is -0.369. The summed E-state index contributed by atoms with van der Waals surface area (Å²) in [6, 6.07) is -0.369. The average molecular weight is 353 g/mol. The third-order valence-electron chi connectivity index (χ3n) is 5.03. The normalized spacial score (nSPS) is 21.8. The van der Waals surface area contributed by atoms with Crippen molar-refractivity contribution >= 4 is 17.2 Å². The van der Waals surface area contributed by atoms with Crippen molar-refractivity contribution in [3.05, 3.63) is 16.1 Å². The molecule has 2 aliphatic rings. The molecule has 3 rings (SSSR count). The molecule has 7 heteroatoms. The highest BCUT2D eigenvalue weighted by atomic mass is 32.1. The van der Waals surface area contributed by atoms with Gasteiger partial charge in [0, 0.05) is 51.3 Å². The highest BCUT2D eigenvalue weighted by Crippen LogP contribution is 2.20. The minimum absolute atomic E-state index is 0.114. The predicted octanol–water partition coefficient (Wildman–Crippen LogP) is 1.10. The van der Waals surface area contributed by atoms with E-state index in [-0.39, 0.29) is 17.9 Å². The van der Waals surface area contributed by atoms with Crippen molar-refractivity contribution in [2.75, 3.05) is 39.4 Å². The summed E-state index contributed by atoms with van der Waals surface area (Å²) in [7, 11) is 0. The zero-order chi connectivity index (χ0) is 16.9. The minimum Gasteiger partial charge on any atom is -0.381 e. The Balaban J connectivity index is 1.46. The molecule has 2 N–H and O–H groups in total. The number of piperazine rings is 1. The summed E-state index contributed by atoms with van der Waals surface area (Å²) in [5, 5.41) is 3.35. The summed E-state index contributed by atoms with van der Waals surface area (Å²) in [5.74, 6) is 0.384. The number of thiazole rings is 1. The lowest BCUT2D eigenvalue weighted by atomic mass is 9.91. The van der Waals surface area contributed by atoms with Crippen molar-refractivity contribution in [3.8, 4) is 0 Å². The maximum absolute atomic E-state index is 12.6. The SMILES string of the molecule is CCc1nc(CN2CCN(C(=O)C(N)C3CCOCC3)CC2)cs1. The molecule has 1 atom stereocenters. The fraction of sp³-hybridized carbons (Fsp3) is 0.765. The summed E-state index contributed by atoms with van der Waals surface area (Å²) in [6.45, 7) is 7.79. The molecule has 0 bridgehead atoms. The van der Waals surface area contributed by atoms with E-state index in [1.807, 2.05) is 4.90 Å². The van der Waals surface area contributed by atoms with Crippen LogP contribution < -0.4 is 5.73 Å². The lowest BCUT2D eigenvalue weighted by molar-refractivity contribution is -0.136. The van der Waals surface area contributed by atoms with Crippen LogP contribution in [0.4, 0.5) is 0 Å².